The summed E-state index contributed by atoms with van der Waals surface area (Å²) in [5.74, 6) is -0.347. The summed E-state index contributed by atoms with van der Waals surface area (Å²) in [5.41, 5.74) is 6.84. The van der Waals surface area contributed by atoms with Crippen LogP contribution in [0.3, 0.4) is 0 Å². The fourth-order valence-electron chi connectivity index (χ4n) is 1.48. The lowest BCUT2D eigenvalue weighted by Crippen LogP contribution is -2.18. The third-order valence-corrected chi connectivity index (χ3v) is 3.32. The van der Waals surface area contributed by atoms with Gasteiger partial charge in [0.2, 0.25) is 10.0 Å². The zero-order chi connectivity index (χ0) is 13.9. The van der Waals surface area contributed by atoms with E-state index in [1.807, 2.05) is 0 Å². The first-order chi connectivity index (χ1) is 9.02. The van der Waals surface area contributed by atoms with Crippen LogP contribution in [0.15, 0.2) is 36.5 Å². The molecule has 0 aliphatic carbocycles. The first-order valence-corrected chi connectivity index (χ1v) is 6.94. The van der Waals surface area contributed by atoms with Gasteiger partial charge in [0, 0.05) is 11.8 Å². The van der Waals surface area contributed by atoms with Gasteiger partial charge in [0.15, 0.2) is 5.75 Å². The number of anilines is 2. The van der Waals surface area contributed by atoms with E-state index >= 15 is 0 Å². The number of nitrogens with zero attached hydrogens (tertiary/aromatic N) is 3. The summed E-state index contributed by atoms with van der Waals surface area (Å²) in [7, 11) is -3.69. The largest absolute Gasteiger partial charge is 0.399 e. The molecule has 8 heteroatoms. The molecule has 0 atom stereocenters. The van der Waals surface area contributed by atoms with Gasteiger partial charge in [-0.15, -0.1) is 0 Å². The monoisotopic (exact) mass is 277 g/mol. The number of nitrogens with one attached hydrogen (secondary N) is 1. The van der Waals surface area contributed by atoms with Crippen molar-refractivity contribution in [1.29, 1.82) is 5.26 Å². The lowest BCUT2D eigenvalue weighted by atomic mass is 10.3. The van der Waals surface area contributed by atoms with Crippen molar-refractivity contribution >= 4 is 21.5 Å². The van der Waals surface area contributed by atoms with Crippen molar-refractivity contribution in [1.82, 2.24) is 9.78 Å². The van der Waals surface area contributed by atoms with Gasteiger partial charge in [0.1, 0.15) is 5.82 Å². The van der Waals surface area contributed by atoms with E-state index in [0.29, 0.717) is 11.4 Å². The number of benzene rings is 1. The molecule has 19 heavy (non-hydrogen) atoms. The smallest absolute Gasteiger partial charge is 0.247 e. The molecule has 0 aliphatic rings. The Balaban J connectivity index is 2.33. The lowest BCUT2D eigenvalue weighted by Gasteiger charge is -2.09. The highest BCUT2D eigenvalue weighted by Gasteiger charge is 2.13. The first kappa shape index (κ1) is 12.9. The summed E-state index contributed by atoms with van der Waals surface area (Å²) in [6.07, 6.45) is 1.46. The molecule has 0 radical (unpaired) electrons. The zero-order valence-corrected chi connectivity index (χ0v) is 10.6. The van der Waals surface area contributed by atoms with E-state index in [9.17, 15) is 8.42 Å². The van der Waals surface area contributed by atoms with Gasteiger partial charge in [-0.05, 0) is 24.3 Å². The minimum atomic E-state index is -3.69. The predicted octanol–water partition coefficient (Wildman–Crippen LogP) is 0.720. The van der Waals surface area contributed by atoms with Gasteiger partial charge in [-0.25, -0.2) is 13.1 Å². The van der Waals surface area contributed by atoms with Gasteiger partial charge in [-0.2, -0.15) is 10.4 Å². The maximum atomic E-state index is 11.5. The molecule has 0 spiro atoms. The first-order valence-electron chi connectivity index (χ1n) is 5.29. The van der Waals surface area contributed by atoms with Crippen LogP contribution in [0.2, 0.25) is 0 Å². The fourth-order valence-corrected chi connectivity index (χ4v) is 2.20. The third kappa shape index (κ3) is 3.02. The van der Waals surface area contributed by atoms with Crippen LogP contribution in [0.25, 0.3) is 5.69 Å². The van der Waals surface area contributed by atoms with Crippen LogP contribution >= 0.6 is 0 Å². The van der Waals surface area contributed by atoms with Crippen LogP contribution < -0.4 is 10.5 Å². The second-order valence-corrected chi connectivity index (χ2v) is 5.46. The molecule has 0 bridgehead atoms. The van der Waals surface area contributed by atoms with E-state index in [-0.39, 0.29) is 5.82 Å². The number of nitrogens with two attached hydrogens (primary N) is 1. The highest BCUT2D eigenvalue weighted by atomic mass is 32.2. The fraction of sp³-hybridized carbons (Fsp3) is 0.0909. The lowest BCUT2D eigenvalue weighted by molar-refractivity contribution is 0.604. The SMILES string of the molecule is N#CCS(=O)(=O)Nc1ccnn1-c1ccc(N)cc1. The van der Waals surface area contributed by atoms with Gasteiger partial charge in [-0.1, -0.05) is 0 Å². The average molecular weight is 277 g/mol. The van der Waals surface area contributed by atoms with Crippen molar-refractivity contribution in [3.8, 4) is 11.8 Å². The number of sulfonamides is 1. The summed E-state index contributed by atoms with van der Waals surface area (Å²) in [6, 6.07) is 9.89. The molecule has 2 aromatic rings. The van der Waals surface area contributed by atoms with Crippen LogP contribution in [0, 0.1) is 11.3 Å². The summed E-state index contributed by atoms with van der Waals surface area (Å²) < 4.78 is 26.8. The number of nitriles is 1. The van der Waals surface area contributed by atoms with E-state index in [0.717, 1.165) is 0 Å². The Morgan fingerprint density at radius 2 is 2.00 bits per heavy atom. The van der Waals surface area contributed by atoms with Gasteiger partial charge in [0.25, 0.3) is 0 Å². The molecule has 0 fully saturated rings. The molecule has 3 N–H and O–H groups in total. The Morgan fingerprint density at radius 1 is 1.32 bits per heavy atom. The van der Waals surface area contributed by atoms with Crippen LogP contribution in [-0.4, -0.2) is 24.0 Å². The van der Waals surface area contributed by atoms with Crippen LogP contribution in [0.1, 0.15) is 0 Å². The van der Waals surface area contributed by atoms with Crippen molar-refractivity contribution in [2.45, 2.75) is 0 Å². The summed E-state index contributed by atoms with van der Waals surface area (Å²) >= 11 is 0. The van der Waals surface area contributed by atoms with Gasteiger partial charge >= 0.3 is 0 Å². The van der Waals surface area contributed by atoms with Crippen molar-refractivity contribution < 1.29 is 8.42 Å². The Kier molecular flexibility index (Phi) is 3.39. The molecular weight excluding hydrogens is 266 g/mol. The van der Waals surface area contributed by atoms with Crippen molar-refractivity contribution in [3.63, 3.8) is 0 Å². The summed E-state index contributed by atoms with van der Waals surface area (Å²) in [6.45, 7) is 0. The molecular formula is C11H11N5O2S. The maximum absolute atomic E-state index is 11.5. The molecule has 1 aromatic heterocycles. The van der Waals surface area contributed by atoms with E-state index in [1.165, 1.54) is 16.9 Å². The van der Waals surface area contributed by atoms with E-state index in [4.69, 9.17) is 11.0 Å². The molecule has 0 amide bonds. The third-order valence-electron chi connectivity index (χ3n) is 2.30. The van der Waals surface area contributed by atoms with Crippen LogP contribution in [-0.2, 0) is 10.0 Å². The second-order valence-electron chi connectivity index (χ2n) is 3.74. The quantitative estimate of drug-likeness (QED) is 0.799. The summed E-state index contributed by atoms with van der Waals surface area (Å²) in [4.78, 5) is 0. The van der Waals surface area contributed by atoms with E-state index in [1.54, 1.807) is 30.3 Å². The minimum absolute atomic E-state index is 0.264. The van der Waals surface area contributed by atoms with Crippen molar-refractivity contribution in [2.24, 2.45) is 0 Å². The normalized spacial score (nSPS) is 10.9. The predicted molar refractivity (Wildman–Crippen MR) is 71.0 cm³/mol. The Hall–Kier alpha value is -2.53. The molecule has 1 aromatic carbocycles. The van der Waals surface area contributed by atoms with E-state index in [2.05, 4.69) is 9.82 Å². The highest BCUT2D eigenvalue weighted by Crippen LogP contribution is 2.17. The maximum Gasteiger partial charge on any atom is 0.247 e. The number of hydrogen-bond donors (Lipinski definition) is 2. The van der Waals surface area contributed by atoms with Gasteiger partial charge < -0.3 is 5.73 Å². The summed E-state index contributed by atoms with van der Waals surface area (Å²) in [5, 5.41) is 12.5. The molecule has 98 valence electrons. The molecule has 0 aliphatic heterocycles. The Labute approximate surface area is 110 Å². The second kappa shape index (κ2) is 4.99. The molecule has 7 nitrogen and oxygen atoms in total. The number of hydrogen-bond acceptors (Lipinski definition) is 5. The topological polar surface area (TPSA) is 114 Å². The molecule has 2 rings (SSSR count). The molecule has 0 unspecified atom stereocenters. The zero-order valence-electron chi connectivity index (χ0n) is 9.81. The molecule has 0 saturated heterocycles. The Morgan fingerprint density at radius 3 is 2.63 bits per heavy atom. The minimum Gasteiger partial charge on any atom is -0.399 e. The van der Waals surface area contributed by atoms with Crippen molar-refractivity contribution in [2.75, 3.05) is 16.2 Å². The average Bonchev–Trinajstić information content (AvgIpc) is 2.77. The Bertz CT molecular complexity index is 712. The van der Waals surface area contributed by atoms with Crippen molar-refractivity contribution in [3.05, 3.63) is 36.5 Å². The van der Waals surface area contributed by atoms with E-state index < -0.39 is 15.8 Å². The van der Waals surface area contributed by atoms with Crippen LogP contribution in [0.4, 0.5) is 11.5 Å². The van der Waals surface area contributed by atoms with Gasteiger partial charge in [0.05, 0.1) is 18.0 Å². The van der Waals surface area contributed by atoms with Crippen LogP contribution in [0.5, 0.6) is 0 Å². The van der Waals surface area contributed by atoms with Gasteiger partial charge in [-0.3, -0.25) is 4.72 Å². The molecule has 1 heterocycles. The number of aromatic nitrogens is 2. The number of rotatable bonds is 4. The highest BCUT2D eigenvalue weighted by molar-refractivity contribution is 7.92. The number of nitrogen functional groups attached to an aromatic ring is 1. The standard InChI is InChI=1S/C11H11N5O2S/c12-6-8-19(17,18)15-11-5-7-14-16(11)10-3-1-9(13)2-4-10/h1-5,7,15H,8,13H2. The molecule has 0 saturated carbocycles.